The van der Waals surface area contributed by atoms with Crippen LogP contribution in [0.25, 0.3) is 0 Å². The minimum absolute atomic E-state index is 0.0938. The molecule has 27 heavy (non-hydrogen) atoms. The van der Waals surface area contributed by atoms with Crippen LogP contribution in [0, 0.1) is 0 Å². The number of aromatic nitrogens is 1. The Hall–Kier alpha value is -2.93. The molecule has 2 aromatic rings. The lowest BCUT2D eigenvalue weighted by molar-refractivity contribution is -0.146. The molecule has 3 rings (SSSR count). The number of hydrogen-bond acceptors (Lipinski definition) is 5. The molecule has 0 bridgehead atoms. The second-order valence-corrected chi connectivity index (χ2v) is 6.42. The first-order valence-corrected chi connectivity index (χ1v) is 8.86. The van der Waals surface area contributed by atoms with E-state index in [9.17, 15) is 14.4 Å². The molecule has 7 nitrogen and oxygen atoms in total. The third-order valence-corrected chi connectivity index (χ3v) is 4.35. The van der Waals surface area contributed by atoms with Crippen LogP contribution in [0.4, 0.5) is 5.69 Å². The fraction of sp³-hybridized carbons (Fsp3) is 0.263. The predicted octanol–water partition coefficient (Wildman–Crippen LogP) is 1.99. The predicted molar refractivity (Wildman–Crippen MR) is 99.7 cm³/mol. The van der Waals surface area contributed by atoms with Gasteiger partial charge in [-0.2, -0.15) is 0 Å². The highest BCUT2D eigenvalue weighted by Gasteiger charge is 2.23. The van der Waals surface area contributed by atoms with Crippen LogP contribution in [-0.4, -0.2) is 42.5 Å². The Bertz CT molecular complexity index is 872. The zero-order valence-corrected chi connectivity index (χ0v) is 15.2. The number of nitrogens with one attached hydrogen (secondary N) is 1. The molecule has 0 saturated carbocycles. The van der Waals surface area contributed by atoms with Crippen LogP contribution in [-0.2, 0) is 20.7 Å². The number of carbonyl (C=O) groups is 3. The van der Waals surface area contributed by atoms with Crippen molar-refractivity contribution in [3.8, 4) is 0 Å². The number of aryl methyl sites for hydroxylation is 1. The summed E-state index contributed by atoms with van der Waals surface area (Å²) in [5, 5.41) is 2.75. The quantitative estimate of drug-likeness (QED) is 0.792. The van der Waals surface area contributed by atoms with E-state index >= 15 is 0 Å². The Morgan fingerprint density at radius 3 is 2.85 bits per heavy atom. The lowest BCUT2D eigenvalue weighted by atomic mass is 10.0. The lowest BCUT2D eigenvalue weighted by Crippen LogP contribution is -2.39. The number of nitrogens with zero attached hydrogens (tertiary/aromatic N) is 2. The standard InChI is InChI=1S/C19H18ClN3O4/c20-14-7-8-21-15(10-14)19(26)22-11-18(25)27-12-17(24)23-9-3-5-13-4-1-2-6-16(13)23/h1-2,4,6-8,10H,3,5,9,11-12H2,(H,22,26). The molecule has 1 aromatic carbocycles. The van der Waals surface area contributed by atoms with Gasteiger partial charge in [-0.05, 0) is 36.6 Å². The fourth-order valence-corrected chi connectivity index (χ4v) is 3.00. The van der Waals surface area contributed by atoms with E-state index in [0.29, 0.717) is 11.6 Å². The summed E-state index contributed by atoms with van der Waals surface area (Å²) in [5.74, 6) is -1.55. The van der Waals surface area contributed by atoms with Crippen molar-refractivity contribution >= 4 is 35.1 Å². The number of anilines is 1. The summed E-state index contributed by atoms with van der Waals surface area (Å²) in [6, 6.07) is 10.6. The van der Waals surface area contributed by atoms with Crippen LogP contribution >= 0.6 is 11.6 Å². The Labute approximate surface area is 161 Å². The summed E-state index contributed by atoms with van der Waals surface area (Å²) >= 11 is 5.79. The maximum Gasteiger partial charge on any atom is 0.325 e. The van der Waals surface area contributed by atoms with Gasteiger partial charge in [0.25, 0.3) is 11.8 Å². The summed E-state index contributed by atoms with van der Waals surface area (Å²) in [5.41, 5.74) is 2.05. The summed E-state index contributed by atoms with van der Waals surface area (Å²) in [6.45, 7) is -0.153. The Morgan fingerprint density at radius 2 is 2.04 bits per heavy atom. The highest BCUT2D eigenvalue weighted by atomic mass is 35.5. The summed E-state index contributed by atoms with van der Waals surface area (Å²) in [7, 11) is 0. The summed E-state index contributed by atoms with van der Waals surface area (Å²) in [6.07, 6.45) is 3.17. The largest absolute Gasteiger partial charge is 0.454 e. The molecule has 140 valence electrons. The molecule has 0 fully saturated rings. The summed E-state index contributed by atoms with van der Waals surface area (Å²) < 4.78 is 4.99. The highest BCUT2D eigenvalue weighted by Crippen LogP contribution is 2.26. The number of esters is 1. The maximum atomic E-state index is 12.4. The van der Waals surface area contributed by atoms with Gasteiger partial charge in [0.2, 0.25) is 0 Å². The zero-order chi connectivity index (χ0) is 19.2. The Balaban J connectivity index is 1.48. The van der Waals surface area contributed by atoms with Gasteiger partial charge in [-0.3, -0.25) is 19.4 Å². The molecular formula is C19H18ClN3O4. The van der Waals surface area contributed by atoms with E-state index in [-0.39, 0.29) is 24.8 Å². The van der Waals surface area contributed by atoms with E-state index in [1.807, 2.05) is 24.3 Å². The molecule has 1 aliphatic heterocycles. The van der Waals surface area contributed by atoms with Crippen LogP contribution in [0.5, 0.6) is 0 Å². The van der Waals surface area contributed by atoms with Crippen molar-refractivity contribution in [1.29, 1.82) is 0 Å². The van der Waals surface area contributed by atoms with Crippen molar-refractivity contribution in [3.05, 3.63) is 58.9 Å². The van der Waals surface area contributed by atoms with Gasteiger partial charge in [0.05, 0.1) is 0 Å². The van der Waals surface area contributed by atoms with Crippen molar-refractivity contribution in [2.45, 2.75) is 12.8 Å². The van der Waals surface area contributed by atoms with E-state index in [1.54, 1.807) is 4.90 Å². The molecule has 2 heterocycles. The minimum Gasteiger partial charge on any atom is -0.454 e. The number of rotatable bonds is 5. The zero-order valence-electron chi connectivity index (χ0n) is 14.5. The van der Waals surface area contributed by atoms with Crippen molar-refractivity contribution in [2.24, 2.45) is 0 Å². The number of ether oxygens (including phenoxy) is 1. The van der Waals surface area contributed by atoms with Crippen LogP contribution < -0.4 is 10.2 Å². The number of carbonyl (C=O) groups excluding carboxylic acids is 3. The van der Waals surface area contributed by atoms with E-state index < -0.39 is 11.9 Å². The molecule has 0 unspecified atom stereocenters. The second kappa shape index (κ2) is 8.64. The van der Waals surface area contributed by atoms with Crippen LogP contribution in [0.3, 0.4) is 0 Å². The normalized spacial score (nSPS) is 12.9. The number of para-hydroxylation sites is 1. The van der Waals surface area contributed by atoms with Gasteiger partial charge in [-0.25, -0.2) is 0 Å². The average Bonchev–Trinajstić information content (AvgIpc) is 2.69. The van der Waals surface area contributed by atoms with Crippen molar-refractivity contribution < 1.29 is 19.1 Å². The molecule has 8 heteroatoms. The molecule has 0 atom stereocenters. The van der Waals surface area contributed by atoms with Gasteiger partial charge in [-0.1, -0.05) is 29.8 Å². The van der Waals surface area contributed by atoms with E-state index in [2.05, 4.69) is 10.3 Å². The van der Waals surface area contributed by atoms with E-state index in [1.165, 1.54) is 18.3 Å². The number of pyridine rings is 1. The molecule has 1 N–H and O–H groups in total. The topological polar surface area (TPSA) is 88.6 Å². The molecule has 1 aromatic heterocycles. The second-order valence-electron chi connectivity index (χ2n) is 5.98. The molecule has 0 saturated heterocycles. The maximum absolute atomic E-state index is 12.4. The monoisotopic (exact) mass is 387 g/mol. The Kier molecular flexibility index (Phi) is 6.03. The van der Waals surface area contributed by atoms with Crippen molar-refractivity contribution in [3.63, 3.8) is 0 Å². The van der Waals surface area contributed by atoms with Crippen LogP contribution in [0.1, 0.15) is 22.5 Å². The van der Waals surface area contributed by atoms with Gasteiger partial charge >= 0.3 is 5.97 Å². The number of hydrogen-bond donors (Lipinski definition) is 1. The number of benzene rings is 1. The lowest BCUT2D eigenvalue weighted by Gasteiger charge is -2.29. The van der Waals surface area contributed by atoms with Gasteiger partial charge in [0.1, 0.15) is 12.2 Å². The van der Waals surface area contributed by atoms with E-state index in [0.717, 1.165) is 24.1 Å². The van der Waals surface area contributed by atoms with E-state index in [4.69, 9.17) is 16.3 Å². The van der Waals surface area contributed by atoms with Gasteiger partial charge in [0.15, 0.2) is 6.61 Å². The third-order valence-electron chi connectivity index (χ3n) is 4.12. The first-order valence-electron chi connectivity index (χ1n) is 8.48. The molecule has 0 aliphatic carbocycles. The van der Waals surface area contributed by atoms with Gasteiger partial charge in [-0.15, -0.1) is 0 Å². The number of halogens is 1. The summed E-state index contributed by atoms with van der Waals surface area (Å²) in [4.78, 5) is 41.6. The fourth-order valence-electron chi connectivity index (χ4n) is 2.84. The van der Waals surface area contributed by atoms with Gasteiger partial charge < -0.3 is 15.0 Å². The minimum atomic E-state index is -0.705. The molecule has 2 amide bonds. The number of fused-ring (bicyclic) bond motifs is 1. The SMILES string of the molecule is O=C(CNC(=O)c1cc(Cl)ccn1)OCC(=O)N1CCCc2ccccc21. The van der Waals surface area contributed by atoms with Crippen LogP contribution in [0.2, 0.25) is 5.02 Å². The number of amides is 2. The smallest absolute Gasteiger partial charge is 0.325 e. The molecule has 0 radical (unpaired) electrons. The molecule has 0 spiro atoms. The van der Waals surface area contributed by atoms with Crippen molar-refractivity contribution in [1.82, 2.24) is 10.3 Å². The first kappa shape index (κ1) is 18.8. The average molecular weight is 388 g/mol. The molecule has 1 aliphatic rings. The Morgan fingerprint density at radius 1 is 1.22 bits per heavy atom. The molecular weight excluding hydrogens is 370 g/mol. The third kappa shape index (κ3) is 4.83. The van der Waals surface area contributed by atoms with Crippen molar-refractivity contribution in [2.75, 3.05) is 24.6 Å². The van der Waals surface area contributed by atoms with Crippen LogP contribution in [0.15, 0.2) is 42.6 Å². The first-order chi connectivity index (χ1) is 13.0. The van der Waals surface area contributed by atoms with Gasteiger partial charge in [0, 0.05) is 23.5 Å². The highest BCUT2D eigenvalue weighted by molar-refractivity contribution is 6.30.